The zero-order valence-electron chi connectivity index (χ0n) is 17.5. The number of rotatable bonds is 5. The summed E-state index contributed by atoms with van der Waals surface area (Å²) >= 11 is 0. The van der Waals surface area contributed by atoms with Gasteiger partial charge in [-0.3, -0.25) is 14.0 Å². The van der Waals surface area contributed by atoms with Gasteiger partial charge in [0, 0.05) is 44.0 Å². The van der Waals surface area contributed by atoms with E-state index in [4.69, 9.17) is 0 Å². The van der Waals surface area contributed by atoms with Crippen LogP contribution in [0.2, 0.25) is 0 Å². The van der Waals surface area contributed by atoms with Crippen LogP contribution in [0.15, 0.2) is 16.9 Å². The fraction of sp³-hybridized carbons (Fsp3) is 0.600. The molecule has 1 fully saturated rings. The summed E-state index contributed by atoms with van der Waals surface area (Å²) in [5.41, 5.74) is 3.39. The molecule has 8 nitrogen and oxygen atoms in total. The molecule has 0 N–H and O–H groups in total. The second-order valence-electron chi connectivity index (χ2n) is 7.98. The van der Waals surface area contributed by atoms with Gasteiger partial charge in [0.25, 0.3) is 0 Å². The third-order valence-corrected chi connectivity index (χ3v) is 5.38. The lowest BCUT2D eigenvalue weighted by molar-refractivity contribution is -0.133. The Hall–Kier alpha value is -2.48. The van der Waals surface area contributed by atoms with Crippen LogP contribution < -0.4 is 5.69 Å². The predicted molar refractivity (Wildman–Crippen MR) is 107 cm³/mol. The molecular weight excluding hydrogens is 356 g/mol. The van der Waals surface area contributed by atoms with Gasteiger partial charge >= 0.3 is 5.69 Å². The topological polar surface area (TPSA) is 76.3 Å². The molecule has 0 atom stereocenters. The Bertz CT molecular complexity index is 906. The molecule has 28 heavy (non-hydrogen) atoms. The van der Waals surface area contributed by atoms with E-state index in [-0.39, 0.29) is 18.1 Å². The largest absolute Gasteiger partial charge is 0.348 e. The van der Waals surface area contributed by atoms with E-state index in [9.17, 15) is 9.59 Å². The summed E-state index contributed by atoms with van der Waals surface area (Å²) in [4.78, 5) is 32.7. The van der Waals surface area contributed by atoms with E-state index in [0.717, 1.165) is 30.8 Å². The van der Waals surface area contributed by atoms with Crippen molar-refractivity contribution in [1.82, 2.24) is 29.1 Å². The lowest BCUT2D eigenvalue weighted by atomic mass is 9.93. The lowest BCUT2D eigenvalue weighted by Crippen LogP contribution is -2.42. The number of nitrogens with zero attached hydrogens (tertiary/aromatic N) is 6. The molecular formula is C20H30N6O2. The van der Waals surface area contributed by atoms with Gasteiger partial charge in [0.2, 0.25) is 5.91 Å². The summed E-state index contributed by atoms with van der Waals surface area (Å²) < 4.78 is 3.40. The Morgan fingerprint density at radius 2 is 1.89 bits per heavy atom. The molecule has 0 aromatic carbocycles. The Labute approximate surface area is 165 Å². The van der Waals surface area contributed by atoms with Crippen molar-refractivity contribution in [3.8, 4) is 0 Å². The van der Waals surface area contributed by atoms with Crippen molar-refractivity contribution in [2.24, 2.45) is 7.05 Å². The maximum absolute atomic E-state index is 12.7. The van der Waals surface area contributed by atoms with Crippen molar-refractivity contribution in [1.29, 1.82) is 0 Å². The van der Waals surface area contributed by atoms with Crippen LogP contribution in [0.5, 0.6) is 0 Å². The van der Waals surface area contributed by atoms with Crippen LogP contribution in [0.1, 0.15) is 41.5 Å². The monoisotopic (exact) mass is 386 g/mol. The fourth-order valence-corrected chi connectivity index (χ4v) is 3.83. The normalized spacial score (nSPS) is 15.4. The molecule has 0 aliphatic carbocycles. The minimum absolute atomic E-state index is 0.0244. The third-order valence-electron chi connectivity index (χ3n) is 5.38. The van der Waals surface area contributed by atoms with Crippen LogP contribution in [0.3, 0.4) is 0 Å². The molecule has 3 rings (SSSR count). The molecule has 2 aromatic heterocycles. The standard InChI is InChI=1S/C20H30N6O2/c1-14-10-15(2)26(20(28)21-14)13-19(27)25-8-6-16(7-9-25)18-11-17(12-23(3)4)24(5)22-18/h10-11,16H,6-9,12-13H2,1-5H3. The van der Waals surface area contributed by atoms with Crippen LogP contribution in [0, 0.1) is 13.8 Å². The fourth-order valence-electron chi connectivity index (χ4n) is 3.83. The number of hydrogen-bond acceptors (Lipinski definition) is 5. The quantitative estimate of drug-likeness (QED) is 0.768. The highest BCUT2D eigenvalue weighted by molar-refractivity contribution is 5.76. The maximum atomic E-state index is 12.7. The van der Waals surface area contributed by atoms with E-state index < -0.39 is 0 Å². The summed E-state index contributed by atoms with van der Waals surface area (Å²) in [6.45, 7) is 5.92. The van der Waals surface area contributed by atoms with Gasteiger partial charge in [-0.25, -0.2) is 4.79 Å². The van der Waals surface area contributed by atoms with Gasteiger partial charge in [0.05, 0.1) is 11.4 Å². The first-order chi connectivity index (χ1) is 13.2. The molecule has 1 aliphatic rings. The highest BCUT2D eigenvalue weighted by atomic mass is 16.2. The molecule has 0 unspecified atom stereocenters. The van der Waals surface area contributed by atoms with Crippen molar-refractivity contribution < 1.29 is 4.79 Å². The zero-order chi connectivity index (χ0) is 20.4. The van der Waals surface area contributed by atoms with Crippen molar-refractivity contribution in [2.75, 3.05) is 27.2 Å². The van der Waals surface area contributed by atoms with Gasteiger partial charge in [-0.2, -0.15) is 10.1 Å². The van der Waals surface area contributed by atoms with Crippen LogP contribution in [-0.2, 0) is 24.9 Å². The van der Waals surface area contributed by atoms with E-state index in [1.807, 2.05) is 43.7 Å². The second-order valence-corrected chi connectivity index (χ2v) is 7.98. The first kappa shape index (κ1) is 20.3. The Morgan fingerprint density at radius 3 is 2.50 bits per heavy atom. The van der Waals surface area contributed by atoms with Crippen LogP contribution in [-0.4, -0.2) is 62.2 Å². The van der Waals surface area contributed by atoms with Gasteiger partial charge in [0.15, 0.2) is 0 Å². The van der Waals surface area contributed by atoms with Gasteiger partial charge in [-0.05, 0) is 52.9 Å². The van der Waals surface area contributed by atoms with Crippen LogP contribution >= 0.6 is 0 Å². The van der Waals surface area contributed by atoms with Gasteiger partial charge in [0.1, 0.15) is 6.54 Å². The van der Waals surface area contributed by atoms with E-state index >= 15 is 0 Å². The predicted octanol–water partition coefficient (Wildman–Crippen LogP) is 1.06. The number of aryl methyl sites for hydroxylation is 3. The van der Waals surface area contributed by atoms with Crippen molar-refractivity contribution >= 4 is 5.91 Å². The van der Waals surface area contributed by atoms with E-state index in [0.29, 0.717) is 24.7 Å². The smallest absolute Gasteiger partial charge is 0.341 e. The molecule has 0 saturated carbocycles. The van der Waals surface area contributed by atoms with Gasteiger partial charge < -0.3 is 9.80 Å². The Kier molecular flexibility index (Phi) is 5.98. The van der Waals surface area contributed by atoms with Crippen LogP contribution in [0.4, 0.5) is 0 Å². The number of likely N-dealkylation sites (tertiary alicyclic amines) is 1. The molecule has 8 heteroatoms. The summed E-state index contributed by atoms with van der Waals surface area (Å²) in [5, 5.41) is 4.69. The molecule has 0 bridgehead atoms. The molecule has 1 amide bonds. The molecule has 152 valence electrons. The molecule has 0 spiro atoms. The number of hydrogen-bond donors (Lipinski definition) is 0. The van der Waals surface area contributed by atoms with Crippen molar-refractivity contribution in [3.05, 3.63) is 45.4 Å². The highest BCUT2D eigenvalue weighted by Crippen LogP contribution is 2.28. The average molecular weight is 387 g/mol. The summed E-state index contributed by atoms with van der Waals surface area (Å²) in [6, 6.07) is 4.01. The molecule has 2 aromatic rings. The number of carbonyl (C=O) groups excluding carboxylic acids is 1. The van der Waals surface area contributed by atoms with Crippen molar-refractivity contribution in [2.45, 2.75) is 45.7 Å². The number of amides is 1. The SMILES string of the molecule is Cc1cc(C)n(CC(=O)N2CCC(c3cc(CN(C)C)n(C)n3)CC2)c(=O)n1. The Balaban J connectivity index is 1.61. The summed E-state index contributed by atoms with van der Waals surface area (Å²) in [7, 11) is 6.08. The minimum Gasteiger partial charge on any atom is -0.341 e. The number of carbonyl (C=O) groups is 1. The zero-order valence-corrected chi connectivity index (χ0v) is 17.5. The Morgan fingerprint density at radius 1 is 1.21 bits per heavy atom. The number of aromatic nitrogens is 4. The molecule has 1 aliphatic heterocycles. The minimum atomic E-state index is -0.359. The van der Waals surface area contributed by atoms with Crippen molar-refractivity contribution in [3.63, 3.8) is 0 Å². The second kappa shape index (κ2) is 8.26. The number of piperidine rings is 1. The average Bonchev–Trinajstić information content (AvgIpc) is 2.98. The van der Waals surface area contributed by atoms with E-state index in [2.05, 4.69) is 21.0 Å². The van der Waals surface area contributed by atoms with Crippen LogP contribution in [0.25, 0.3) is 0 Å². The highest BCUT2D eigenvalue weighted by Gasteiger charge is 2.26. The summed E-state index contributed by atoms with van der Waals surface area (Å²) in [5.74, 6) is 0.347. The lowest BCUT2D eigenvalue weighted by Gasteiger charge is -2.31. The molecule has 0 radical (unpaired) electrons. The van der Waals surface area contributed by atoms with Gasteiger partial charge in [-0.15, -0.1) is 0 Å². The van der Waals surface area contributed by atoms with E-state index in [1.54, 1.807) is 6.92 Å². The first-order valence-corrected chi connectivity index (χ1v) is 9.75. The first-order valence-electron chi connectivity index (χ1n) is 9.75. The van der Waals surface area contributed by atoms with E-state index in [1.165, 1.54) is 10.3 Å². The van der Waals surface area contributed by atoms with Gasteiger partial charge in [-0.1, -0.05) is 0 Å². The summed E-state index contributed by atoms with van der Waals surface area (Å²) in [6.07, 6.45) is 1.79. The third kappa shape index (κ3) is 4.49. The molecule has 3 heterocycles. The maximum Gasteiger partial charge on any atom is 0.348 e. The molecule has 1 saturated heterocycles.